The largest absolute Gasteiger partial charge is 0.333 e. The predicted molar refractivity (Wildman–Crippen MR) is 115 cm³/mol. The van der Waals surface area contributed by atoms with Crippen molar-refractivity contribution >= 4 is 11.6 Å². The normalized spacial score (nSPS) is 12.4. The Kier molecular flexibility index (Phi) is 6.57. The Labute approximate surface area is 180 Å². The number of hydrogen-bond donors (Lipinski definition) is 0. The fourth-order valence-electron chi connectivity index (χ4n) is 3.75. The van der Waals surface area contributed by atoms with Gasteiger partial charge in [-0.2, -0.15) is 9.61 Å². The Morgan fingerprint density at radius 3 is 2.58 bits per heavy atom. The van der Waals surface area contributed by atoms with Crippen LogP contribution >= 0.6 is 0 Å². The van der Waals surface area contributed by atoms with E-state index in [0.717, 1.165) is 35.9 Å². The maximum Gasteiger partial charge on any atom is 0.274 e. The standard InChI is InChI=1S/C23H28F2N4O2/c1-6-8-17-20(26-29-21(30)11-15(4)27(5)22(17)29)13-28(14(3)7-2)23(31)18-12-16(24)9-10-19(18)25/h9-12,14H,6-8,13H2,1-5H3. The van der Waals surface area contributed by atoms with Crippen LogP contribution in [0.25, 0.3) is 5.65 Å². The summed E-state index contributed by atoms with van der Waals surface area (Å²) in [4.78, 5) is 27.3. The molecular weight excluding hydrogens is 402 g/mol. The lowest BCUT2D eigenvalue weighted by Gasteiger charge is -2.28. The first kappa shape index (κ1) is 22.7. The number of carbonyl (C=O) groups is 1. The molecule has 8 heteroatoms. The molecule has 0 bridgehead atoms. The molecule has 0 N–H and O–H groups in total. The highest BCUT2D eigenvalue weighted by molar-refractivity contribution is 5.94. The maximum absolute atomic E-state index is 14.3. The zero-order chi connectivity index (χ0) is 22.9. The predicted octanol–water partition coefficient (Wildman–Crippen LogP) is 4.01. The van der Waals surface area contributed by atoms with Gasteiger partial charge in [0.15, 0.2) is 0 Å². The molecule has 1 atom stereocenters. The van der Waals surface area contributed by atoms with Crippen molar-refractivity contribution < 1.29 is 13.6 Å². The lowest BCUT2D eigenvalue weighted by molar-refractivity contribution is 0.0662. The molecule has 2 aromatic heterocycles. The number of amides is 1. The molecule has 0 fully saturated rings. The molecule has 31 heavy (non-hydrogen) atoms. The molecule has 0 spiro atoms. The van der Waals surface area contributed by atoms with Crippen LogP contribution in [0.15, 0.2) is 29.1 Å². The lowest BCUT2D eigenvalue weighted by atomic mass is 10.1. The van der Waals surface area contributed by atoms with Gasteiger partial charge in [0.2, 0.25) is 0 Å². The van der Waals surface area contributed by atoms with Crippen molar-refractivity contribution in [1.29, 1.82) is 0 Å². The number of nitrogens with zero attached hydrogens (tertiary/aromatic N) is 4. The first-order chi connectivity index (χ1) is 14.7. The Morgan fingerprint density at radius 2 is 1.94 bits per heavy atom. The molecule has 2 heterocycles. The van der Waals surface area contributed by atoms with Gasteiger partial charge in [-0.1, -0.05) is 20.3 Å². The molecule has 6 nitrogen and oxygen atoms in total. The average molecular weight is 430 g/mol. The van der Waals surface area contributed by atoms with E-state index in [0.29, 0.717) is 24.2 Å². The van der Waals surface area contributed by atoms with Crippen LogP contribution in [-0.4, -0.2) is 31.0 Å². The Hall–Kier alpha value is -3.03. The summed E-state index contributed by atoms with van der Waals surface area (Å²) in [5.74, 6) is -2.05. The number of fused-ring (bicyclic) bond motifs is 1. The molecular formula is C23H28F2N4O2. The van der Waals surface area contributed by atoms with E-state index in [1.165, 1.54) is 15.5 Å². The van der Waals surface area contributed by atoms with E-state index < -0.39 is 17.5 Å². The van der Waals surface area contributed by atoms with Crippen LogP contribution in [0.2, 0.25) is 0 Å². The Bertz CT molecular complexity index is 1180. The molecule has 0 radical (unpaired) electrons. The van der Waals surface area contributed by atoms with Gasteiger partial charge < -0.3 is 9.47 Å². The molecule has 1 unspecified atom stereocenters. The van der Waals surface area contributed by atoms with Crippen LogP contribution in [0.5, 0.6) is 0 Å². The van der Waals surface area contributed by atoms with E-state index in [2.05, 4.69) is 5.10 Å². The number of benzene rings is 1. The number of halogens is 2. The Balaban J connectivity index is 2.14. The monoisotopic (exact) mass is 430 g/mol. The first-order valence-electron chi connectivity index (χ1n) is 10.5. The molecule has 0 aliphatic carbocycles. The third-order valence-corrected chi connectivity index (χ3v) is 5.79. The second kappa shape index (κ2) is 8.99. The summed E-state index contributed by atoms with van der Waals surface area (Å²) in [6.45, 7) is 7.75. The molecule has 1 aromatic carbocycles. The third kappa shape index (κ3) is 4.24. The van der Waals surface area contributed by atoms with E-state index in [-0.39, 0.29) is 23.7 Å². The van der Waals surface area contributed by atoms with E-state index >= 15 is 0 Å². The number of rotatable bonds is 7. The molecule has 3 rings (SSSR count). The highest BCUT2D eigenvalue weighted by Crippen LogP contribution is 2.23. The molecule has 0 aliphatic rings. The van der Waals surface area contributed by atoms with Gasteiger partial charge in [-0.3, -0.25) is 9.59 Å². The third-order valence-electron chi connectivity index (χ3n) is 5.79. The molecule has 166 valence electrons. The van der Waals surface area contributed by atoms with Crippen LogP contribution < -0.4 is 5.56 Å². The molecule has 1 amide bonds. The summed E-state index contributed by atoms with van der Waals surface area (Å²) in [6.07, 6.45) is 2.12. The topological polar surface area (TPSA) is 59.6 Å². The number of carbonyl (C=O) groups excluding carboxylic acids is 1. The maximum atomic E-state index is 14.3. The van der Waals surface area contributed by atoms with E-state index in [1.807, 2.05) is 39.3 Å². The molecule has 0 saturated heterocycles. The summed E-state index contributed by atoms with van der Waals surface area (Å²) < 4.78 is 31.3. The fourth-order valence-corrected chi connectivity index (χ4v) is 3.75. The Morgan fingerprint density at radius 1 is 1.23 bits per heavy atom. The van der Waals surface area contributed by atoms with Crippen molar-refractivity contribution in [3.05, 3.63) is 68.8 Å². The van der Waals surface area contributed by atoms with Crippen molar-refractivity contribution in [3.63, 3.8) is 0 Å². The van der Waals surface area contributed by atoms with Crippen molar-refractivity contribution in [2.75, 3.05) is 0 Å². The minimum atomic E-state index is -0.771. The van der Waals surface area contributed by atoms with Gasteiger partial charge in [0.05, 0.1) is 17.8 Å². The quantitative estimate of drug-likeness (QED) is 0.569. The first-order valence-corrected chi connectivity index (χ1v) is 10.5. The summed E-state index contributed by atoms with van der Waals surface area (Å²) in [5, 5.41) is 4.53. The SMILES string of the molecule is CCCc1c(CN(C(=O)c2cc(F)ccc2F)C(C)CC)nn2c(=O)cc(C)n(C)c12. The van der Waals surface area contributed by atoms with Crippen molar-refractivity contribution in [1.82, 2.24) is 19.1 Å². The summed E-state index contributed by atoms with van der Waals surface area (Å²) in [6, 6.07) is 4.13. The summed E-state index contributed by atoms with van der Waals surface area (Å²) in [7, 11) is 1.87. The van der Waals surface area contributed by atoms with Crippen LogP contribution in [0, 0.1) is 18.6 Å². The van der Waals surface area contributed by atoms with Gasteiger partial charge in [0.25, 0.3) is 11.5 Å². The van der Waals surface area contributed by atoms with Gasteiger partial charge in [0, 0.05) is 30.4 Å². The number of hydrogen-bond acceptors (Lipinski definition) is 3. The average Bonchev–Trinajstić information content (AvgIpc) is 3.10. The molecule has 0 aliphatic heterocycles. The highest BCUT2D eigenvalue weighted by atomic mass is 19.1. The smallest absolute Gasteiger partial charge is 0.274 e. The van der Waals surface area contributed by atoms with Crippen molar-refractivity contribution in [2.24, 2.45) is 7.05 Å². The van der Waals surface area contributed by atoms with E-state index in [9.17, 15) is 18.4 Å². The van der Waals surface area contributed by atoms with Gasteiger partial charge in [0.1, 0.15) is 17.3 Å². The fraction of sp³-hybridized carbons (Fsp3) is 0.435. The second-order valence-corrected chi connectivity index (χ2v) is 7.91. The number of aromatic nitrogens is 3. The van der Waals surface area contributed by atoms with Crippen molar-refractivity contribution in [2.45, 2.75) is 59.5 Å². The number of aryl methyl sites for hydroxylation is 3. The minimum Gasteiger partial charge on any atom is -0.333 e. The lowest BCUT2D eigenvalue weighted by Crippen LogP contribution is -2.38. The van der Waals surface area contributed by atoms with Crippen LogP contribution in [0.4, 0.5) is 8.78 Å². The van der Waals surface area contributed by atoms with Gasteiger partial charge >= 0.3 is 0 Å². The summed E-state index contributed by atoms with van der Waals surface area (Å²) in [5.41, 5.74) is 2.41. The van der Waals surface area contributed by atoms with Crippen LogP contribution in [0.1, 0.15) is 60.9 Å². The van der Waals surface area contributed by atoms with Gasteiger partial charge in [-0.25, -0.2) is 8.78 Å². The van der Waals surface area contributed by atoms with Crippen molar-refractivity contribution in [3.8, 4) is 0 Å². The van der Waals surface area contributed by atoms with Gasteiger partial charge in [-0.15, -0.1) is 0 Å². The van der Waals surface area contributed by atoms with Gasteiger partial charge in [-0.05, 0) is 44.9 Å². The zero-order valence-corrected chi connectivity index (χ0v) is 18.6. The van der Waals surface area contributed by atoms with Crippen LogP contribution in [-0.2, 0) is 20.0 Å². The molecule has 3 aromatic rings. The molecule has 0 saturated carbocycles. The second-order valence-electron chi connectivity index (χ2n) is 7.91. The van der Waals surface area contributed by atoms with Crippen LogP contribution in [0.3, 0.4) is 0 Å². The van der Waals surface area contributed by atoms with E-state index in [1.54, 1.807) is 0 Å². The minimum absolute atomic E-state index is 0.0965. The summed E-state index contributed by atoms with van der Waals surface area (Å²) >= 11 is 0. The highest BCUT2D eigenvalue weighted by Gasteiger charge is 2.27. The zero-order valence-electron chi connectivity index (χ0n) is 18.6. The van der Waals surface area contributed by atoms with E-state index in [4.69, 9.17) is 0 Å².